The highest BCUT2D eigenvalue weighted by atomic mass is 79.9. The minimum atomic E-state index is -0.280. The fourth-order valence-corrected chi connectivity index (χ4v) is 4.55. The van der Waals surface area contributed by atoms with E-state index in [-0.39, 0.29) is 24.3 Å². The molecule has 1 saturated heterocycles. The molecule has 1 heterocycles. The summed E-state index contributed by atoms with van der Waals surface area (Å²) in [4.78, 5) is 28.7. The minimum Gasteiger partial charge on any atom is -0.491 e. The van der Waals surface area contributed by atoms with Gasteiger partial charge in [-0.3, -0.25) is 14.5 Å². The molecule has 2 amide bonds. The van der Waals surface area contributed by atoms with E-state index < -0.39 is 0 Å². The van der Waals surface area contributed by atoms with Crippen LogP contribution in [0.4, 0.5) is 10.5 Å². The van der Waals surface area contributed by atoms with Crippen molar-refractivity contribution in [3.63, 3.8) is 0 Å². The first kappa shape index (κ1) is 21.5. The minimum absolute atomic E-state index is 0.221. The van der Waals surface area contributed by atoms with Crippen LogP contribution in [0.5, 0.6) is 5.75 Å². The highest BCUT2D eigenvalue weighted by Crippen LogP contribution is 2.33. The maximum atomic E-state index is 12.7. The highest BCUT2D eigenvalue weighted by molar-refractivity contribution is 9.10. The number of hydrogen-bond acceptors (Lipinski definition) is 5. The molecule has 0 saturated carbocycles. The van der Waals surface area contributed by atoms with E-state index in [0.29, 0.717) is 4.91 Å². The highest BCUT2D eigenvalue weighted by Gasteiger charge is 2.34. The number of nitrogens with zero attached hydrogens (tertiary/aromatic N) is 2. The zero-order valence-corrected chi connectivity index (χ0v) is 19.3. The molecule has 1 fully saturated rings. The molecule has 1 aliphatic rings. The summed E-state index contributed by atoms with van der Waals surface area (Å²) >= 11 is 4.51. The van der Waals surface area contributed by atoms with Crippen molar-refractivity contribution in [3.8, 4) is 5.75 Å². The zero-order valence-electron chi connectivity index (χ0n) is 16.9. The fourth-order valence-electron chi connectivity index (χ4n) is 2.93. The maximum Gasteiger partial charge on any atom is 0.293 e. The van der Waals surface area contributed by atoms with Gasteiger partial charge >= 0.3 is 0 Å². The largest absolute Gasteiger partial charge is 0.491 e. The van der Waals surface area contributed by atoms with E-state index in [1.807, 2.05) is 69.2 Å². The summed E-state index contributed by atoms with van der Waals surface area (Å²) in [5.41, 5.74) is 4.03. The SMILES string of the molecule is Cc1ccc(C)c(OCCN2C(=O)S/C(=C\c3ccc(N(C)C)c(Br)c3)C2=O)c1. The van der Waals surface area contributed by atoms with Gasteiger partial charge in [0.05, 0.1) is 17.1 Å². The lowest BCUT2D eigenvalue weighted by atomic mass is 10.1. The van der Waals surface area contributed by atoms with E-state index in [0.717, 1.165) is 44.4 Å². The zero-order chi connectivity index (χ0) is 21.1. The van der Waals surface area contributed by atoms with Gasteiger partial charge in [0.2, 0.25) is 0 Å². The van der Waals surface area contributed by atoms with Crippen LogP contribution in [0.2, 0.25) is 0 Å². The van der Waals surface area contributed by atoms with Crippen LogP contribution in [-0.4, -0.2) is 43.3 Å². The number of amides is 2. The van der Waals surface area contributed by atoms with E-state index >= 15 is 0 Å². The second kappa shape index (κ2) is 9.05. The third-order valence-corrected chi connectivity index (χ3v) is 6.08. The predicted octanol–water partition coefficient (Wildman–Crippen LogP) is 5.25. The number of hydrogen-bond donors (Lipinski definition) is 0. The molecule has 152 valence electrons. The molecule has 0 bridgehead atoms. The second-order valence-electron chi connectivity index (χ2n) is 7.06. The van der Waals surface area contributed by atoms with Crippen molar-refractivity contribution in [1.29, 1.82) is 0 Å². The van der Waals surface area contributed by atoms with Gasteiger partial charge in [-0.15, -0.1) is 0 Å². The molecule has 7 heteroatoms. The van der Waals surface area contributed by atoms with E-state index in [1.165, 1.54) is 4.90 Å². The lowest BCUT2D eigenvalue weighted by molar-refractivity contribution is -0.123. The van der Waals surface area contributed by atoms with Crippen LogP contribution in [0, 0.1) is 13.8 Å². The number of carbonyl (C=O) groups is 2. The monoisotopic (exact) mass is 474 g/mol. The Kier molecular flexibility index (Phi) is 6.70. The number of benzene rings is 2. The normalized spacial score (nSPS) is 15.3. The van der Waals surface area contributed by atoms with Gasteiger partial charge < -0.3 is 9.64 Å². The number of anilines is 1. The summed E-state index contributed by atoms with van der Waals surface area (Å²) in [5.74, 6) is 0.496. The first-order valence-corrected chi connectivity index (χ1v) is 10.8. The Labute approximate surface area is 183 Å². The first-order chi connectivity index (χ1) is 13.8. The molecule has 5 nitrogen and oxygen atoms in total. The summed E-state index contributed by atoms with van der Waals surface area (Å²) in [5, 5.41) is -0.269. The van der Waals surface area contributed by atoms with E-state index in [4.69, 9.17) is 4.74 Å². The summed E-state index contributed by atoms with van der Waals surface area (Å²) < 4.78 is 6.72. The molecule has 2 aromatic rings. The van der Waals surface area contributed by atoms with Crippen molar-refractivity contribution in [2.24, 2.45) is 0 Å². The third-order valence-electron chi connectivity index (χ3n) is 4.54. The van der Waals surface area contributed by atoms with Crippen molar-refractivity contribution >= 4 is 50.6 Å². The molecule has 0 unspecified atom stereocenters. The van der Waals surface area contributed by atoms with Gasteiger partial charge in [0.15, 0.2) is 0 Å². The van der Waals surface area contributed by atoms with Crippen molar-refractivity contribution in [2.45, 2.75) is 13.8 Å². The van der Waals surface area contributed by atoms with Gasteiger partial charge in [-0.1, -0.05) is 18.2 Å². The van der Waals surface area contributed by atoms with Crippen molar-refractivity contribution in [3.05, 3.63) is 62.5 Å². The number of rotatable bonds is 6. The molecule has 29 heavy (non-hydrogen) atoms. The van der Waals surface area contributed by atoms with Crippen LogP contribution >= 0.6 is 27.7 Å². The van der Waals surface area contributed by atoms with Gasteiger partial charge in [0.25, 0.3) is 11.1 Å². The van der Waals surface area contributed by atoms with Crippen LogP contribution in [0.25, 0.3) is 6.08 Å². The molecule has 3 rings (SSSR count). The number of carbonyl (C=O) groups excluding carboxylic acids is 2. The lowest BCUT2D eigenvalue weighted by Gasteiger charge is -2.15. The fraction of sp³-hybridized carbons (Fsp3) is 0.273. The number of aryl methyl sites for hydroxylation is 2. The van der Waals surface area contributed by atoms with Crippen LogP contribution in [0.3, 0.4) is 0 Å². The van der Waals surface area contributed by atoms with Gasteiger partial charge in [0.1, 0.15) is 12.4 Å². The Morgan fingerprint density at radius 2 is 1.90 bits per heavy atom. The standard InChI is InChI=1S/C22H23BrN2O3S/c1-14-5-6-15(2)19(11-14)28-10-9-25-21(26)20(29-22(25)27)13-16-7-8-18(24(3)4)17(23)12-16/h5-8,11-13H,9-10H2,1-4H3/b20-13-. The Morgan fingerprint density at radius 1 is 1.14 bits per heavy atom. The summed E-state index contributed by atoms with van der Waals surface area (Å²) in [6.45, 7) is 4.45. The molecule has 0 aliphatic carbocycles. The predicted molar refractivity (Wildman–Crippen MR) is 123 cm³/mol. The molecule has 0 radical (unpaired) electrons. The summed E-state index contributed by atoms with van der Waals surface area (Å²) in [6.07, 6.45) is 1.75. The van der Waals surface area contributed by atoms with E-state index in [2.05, 4.69) is 15.9 Å². The first-order valence-electron chi connectivity index (χ1n) is 9.18. The quantitative estimate of drug-likeness (QED) is 0.535. The molecule has 0 spiro atoms. The van der Waals surface area contributed by atoms with E-state index in [9.17, 15) is 9.59 Å². The van der Waals surface area contributed by atoms with Crippen molar-refractivity contribution in [2.75, 3.05) is 32.1 Å². The maximum absolute atomic E-state index is 12.7. The second-order valence-corrected chi connectivity index (χ2v) is 8.90. The molecule has 2 aromatic carbocycles. The topological polar surface area (TPSA) is 49.9 Å². The number of ether oxygens (including phenoxy) is 1. The van der Waals surface area contributed by atoms with Gasteiger partial charge in [-0.25, -0.2) is 0 Å². The smallest absolute Gasteiger partial charge is 0.293 e. The molecular formula is C22H23BrN2O3S. The molecular weight excluding hydrogens is 452 g/mol. The third kappa shape index (κ3) is 5.03. The summed E-state index contributed by atoms with van der Waals surface area (Å²) in [7, 11) is 3.93. The Morgan fingerprint density at radius 3 is 2.59 bits per heavy atom. The van der Waals surface area contributed by atoms with Crippen LogP contribution in [-0.2, 0) is 4.79 Å². The number of thioether (sulfide) groups is 1. The van der Waals surface area contributed by atoms with Crippen LogP contribution in [0.1, 0.15) is 16.7 Å². The molecule has 0 N–H and O–H groups in total. The van der Waals surface area contributed by atoms with Gasteiger partial charge in [-0.2, -0.15) is 0 Å². The number of halogens is 1. The van der Waals surface area contributed by atoms with Crippen molar-refractivity contribution in [1.82, 2.24) is 4.90 Å². The van der Waals surface area contributed by atoms with Crippen LogP contribution in [0.15, 0.2) is 45.8 Å². The molecule has 0 aromatic heterocycles. The Bertz CT molecular complexity index is 988. The lowest BCUT2D eigenvalue weighted by Crippen LogP contribution is -2.32. The molecule has 0 atom stereocenters. The van der Waals surface area contributed by atoms with E-state index in [1.54, 1.807) is 6.08 Å². The average Bonchev–Trinajstić information content (AvgIpc) is 2.91. The van der Waals surface area contributed by atoms with Gasteiger partial charge in [-0.05, 0) is 82.5 Å². The number of imide groups is 1. The average molecular weight is 475 g/mol. The van der Waals surface area contributed by atoms with Gasteiger partial charge in [0, 0.05) is 18.6 Å². The van der Waals surface area contributed by atoms with Crippen LogP contribution < -0.4 is 9.64 Å². The van der Waals surface area contributed by atoms with Crippen molar-refractivity contribution < 1.29 is 14.3 Å². The summed E-state index contributed by atoms with van der Waals surface area (Å²) in [6, 6.07) is 11.8. The Balaban J connectivity index is 1.67. The Hall–Kier alpha value is -2.25. The molecule has 1 aliphatic heterocycles.